The zero-order valence-electron chi connectivity index (χ0n) is 22.0. The third-order valence-corrected chi connectivity index (χ3v) is 8.73. The first-order valence-corrected chi connectivity index (χ1v) is 14.4. The summed E-state index contributed by atoms with van der Waals surface area (Å²) >= 11 is 1.87. The van der Waals surface area contributed by atoms with E-state index in [1.807, 2.05) is 72.0 Å². The van der Waals surface area contributed by atoms with Crippen LogP contribution in [0.3, 0.4) is 0 Å². The second-order valence-corrected chi connectivity index (χ2v) is 11.1. The number of thiophene rings is 1. The zero-order valence-corrected chi connectivity index (χ0v) is 22.8. The second-order valence-electron chi connectivity index (χ2n) is 10.1. The lowest BCUT2D eigenvalue weighted by Gasteiger charge is -2.10. The maximum atomic E-state index is 4.92. The van der Waals surface area contributed by atoms with Crippen LogP contribution in [0.2, 0.25) is 0 Å². The summed E-state index contributed by atoms with van der Waals surface area (Å²) in [6.45, 7) is 0. The summed E-state index contributed by atoms with van der Waals surface area (Å²) in [6.07, 6.45) is 0. The fourth-order valence-corrected chi connectivity index (χ4v) is 6.70. The van der Waals surface area contributed by atoms with Crippen LogP contribution in [-0.4, -0.2) is 15.0 Å². The number of rotatable bonds is 4. The molecule has 3 nitrogen and oxygen atoms in total. The molecule has 2 heterocycles. The lowest BCUT2D eigenvalue weighted by Crippen LogP contribution is -2.00. The average molecular weight is 542 g/mol. The van der Waals surface area contributed by atoms with Crippen molar-refractivity contribution >= 4 is 42.3 Å². The maximum Gasteiger partial charge on any atom is 0.164 e. The van der Waals surface area contributed by atoms with Gasteiger partial charge < -0.3 is 0 Å². The molecule has 4 heteroatoms. The highest BCUT2D eigenvalue weighted by molar-refractivity contribution is 7.26. The first-order valence-electron chi connectivity index (χ1n) is 13.6. The molecule has 0 saturated heterocycles. The van der Waals surface area contributed by atoms with E-state index in [2.05, 4.69) is 78.9 Å². The van der Waals surface area contributed by atoms with E-state index in [-0.39, 0.29) is 0 Å². The molecule has 0 aliphatic rings. The van der Waals surface area contributed by atoms with E-state index in [0.717, 1.165) is 22.3 Å². The van der Waals surface area contributed by atoms with E-state index in [9.17, 15) is 0 Å². The van der Waals surface area contributed by atoms with Gasteiger partial charge in [0.1, 0.15) is 0 Å². The third kappa shape index (κ3) is 4.26. The van der Waals surface area contributed by atoms with E-state index in [1.165, 1.54) is 36.5 Å². The van der Waals surface area contributed by atoms with E-state index in [0.29, 0.717) is 17.5 Å². The maximum absolute atomic E-state index is 4.92. The van der Waals surface area contributed by atoms with Gasteiger partial charge in [0, 0.05) is 36.9 Å². The highest BCUT2D eigenvalue weighted by atomic mass is 32.1. The fourth-order valence-electron chi connectivity index (χ4n) is 5.47. The summed E-state index contributed by atoms with van der Waals surface area (Å²) in [6, 6.07) is 48.6. The van der Waals surface area contributed by atoms with Crippen molar-refractivity contribution < 1.29 is 0 Å². The molecule has 6 aromatic carbocycles. The molecular weight excluding hydrogens is 518 g/mol. The summed E-state index contributed by atoms with van der Waals surface area (Å²) < 4.78 is 2.67. The largest absolute Gasteiger partial charge is 0.208 e. The van der Waals surface area contributed by atoms with Crippen LogP contribution < -0.4 is 0 Å². The van der Waals surface area contributed by atoms with Crippen molar-refractivity contribution in [3.8, 4) is 45.3 Å². The average Bonchev–Trinajstić information content (AvgIpc) is 3.44. The Hall–Kier alpha value is -5.19. The predicted molar refractivity (Wildman–Crippen MR) is 172 cm³/mol. The molecule has 0 atom stereocenters. The van der Waals surface area contributed by atoms with Gasteiger partial charge in [-0.2, -0.15) is 0 Å². The Morgan fingerprint density at radius 2 is 0.927 bits per heavy atom. The monoisotopic (exact) mass is 541 g/mol. The Bertz CT molecular complexity index is 2140. The molecule has 0 unspecified atom stereocenters. The Morgan fingerprint density at radius 1 is 0.366 bits per heavy atom. The third-order valence-electron chi connectivity index (χ3n) is 7.51. The summed E-state index contributed by atoms with van der Waals surface area (Å²) in [7, 11) is 0. The van der Waals surface area contributed by atoms with E-state index < -0.39 is 0 Å². The lowest BCUT2D eigenvalue weighted by atomic mass is 9.98. The van der Waals surface area contributed by atoms with Crippen LogP contribution in [0, 0.1) is 0 Å². The lowest BCUT2D eigenvalue weighted by molar-refractivity contribution is 1.07. The predicted octanol–water partition coefficient (Wildman–Crippen LogP) is 10.1. The number of nitrogens with zero attached hydrogens (tertiary/aromatic N) is 3. The van der Waals surface area contributed by atoms with Gasteiger partial charge in [0.15, 0.2) is 17.5 Å². The van der Waals surface area contributed by atoms with Gasteiger partial charge in [0.25, 0.3) is 0 Å². The van der Waals surface area contributed by atoms with Crippen molar-refractivity contribution in [3.05, 3.63) is 140 Å². The molecule has 0 amide bonds. The van der Waals surface area contributed by atoms with Crippen LogP contribution in [0.25, 0.3) is 76.2 Å². The molecule has 8 rings (SSSR count). The molecule has 192 valence electrons. The van der Waals surface area contributed by atoms with E-state index in [4.69, 9.17) is 15.0 Å². The highest BCUT2D eigenvalue weighted by Crippen LogP contribution is 2.39. The zero-order chi connectivity index (χ0) is 27.2. The Balaban J connectivity index is 1.24. The molecule has 0 bridgehead atoms. The molecule has 41 heavy (non-hydrogen) atoms. The van der Waals surface area contributed by atoms with Gasteiger partial charge in [-0.05, 0) is 40.1 Å². The van der Waals surface area contributed by atoms with Crippen molar-refractivity contribution in [3.63, 3.8) is 0 Å². The van der Waals surface area contributed by atoms with Crippen LogP contribution in [-0.2, 0) is 0 Å². The SMILES string of the molecule is c1ccc(-c2nc(-c3ccccc3)nc(-c3cccc(-c4ccc5c(ccc6c7ccccc7sc56)c4)c3)n2)cc1. The van der Waals surface area contributed by atoms with Crippen molar-refractivity contribution in [1.29, 1.82) is 0 Å². The molecule has 0 radical (unpaired) electrons. The van der Waals surface area contributed by atoms with E-state index in [1.54, 1.807) is 0 Å². The molecular formula is C37H23N3S. The number of hydrogen-bond acceptors (Lipinski definition) is 4. The van der Waals surface area contributed by atoms with Gasteiger partial charge >= 0.3 is 0 Å². The Morgan fingerprint density at radius 3 is 1.66 bits per heavy atom. The molecule has 0 N–H and O–H groups in total. The van der Waals surface area contributed by atoms with Crippen LogP contribution in [0.1, 0.15) is 0 Å². The minimum absolute atomic E-state index is 0.660. The molecule has 0 aliphatic heterocycles. The second kappa shape index (κ2) is 9.77. The molecule has 2 aromatic heterocycles. The van der Waals surface area contributed by atoms with Crippen molar-refractivity contribution in [1.82, 2.24) is 15.0 Å². The Kier molecular flexibility index (Phi) is 5.64. The minimum Gasteiger partial charge on any atom is -0.208 e. The van der Waals surface area contributed by atoms with Crippen molar-refractivity contribution in [2.75, 3.05) is 0 Å². The number of fused-ring (bicyclic) bond motifs is 5. The quantitative estimate of drug-likeness (QED) is 0.222. The molecule has 0 saturated carbocycles. The summed E-state index contributed by atoms with van der Waals surface area (Å²) in [5.41, 5.74) is 5.18. The van der Waals surface area contributed by atoms with Crippen LogP contribution in [0.15, 0.2) is 140 Å². The van der Waals surface area contributed by atoms with Gasteiger partial charge in [0.2, 0.25) is 0 Å². The van der Waals surface area contributed by atoms with E-state index >= 15 is 0 Å². The topological polar surface area (TPSA) is 38.7 Å². The molecule has 0 spiro atoms. The highest BCUT2D eigenvalue weighted by Gasteiger charge is 2.14. The first-order chi connectivity index (χ1) is 20.3. The molecule has 0 aliphatic carbocycles. The molecule has 0 fully saturated rings. The molecule has 8 aromatic rings. The van der Waals surface area contributed by atoms with Gasteiger partial charge in [-0.25, -0.2) is 15.0 Å². The van der Waals surface area contributed by atoms with Crippen molar-refractivity contribution in [2.45, 2.75) is 0 Å². The van der Waals surface area contributed by atoms with Crippen molar-refractivity contribution in [2.24, 2.45) is 0 Å². The normalized spacial score (nSPS) is 11.4. The van der Waals surface area contributed by atoms with Gasteiger partial charge in [-0.1, -0.05) is 121 Å². The van der Waals surface area contributed by atoms with Gasteiger partial charge in [-0.15, -0.1) is 11.3 Å². The number of hydrogen-bond donors (Lipinski definition) is 0. The van der Waals surface area contributed by atoms with Crippen LogP contribution in [0.4, 0.5) is 0 Å². The van der Waals surface area contributed by atoms with Gasteiger partial charge in [-0.3, -0.25) is 0 Å². The fraction of sp³-hybridized carbons (Fsp3) is 0. The summed E-state index contributed by atoms with van der Waals surface area (Å²) in [5, 5.41) is 5.19. The summed E-state index contributed by atoms with van der Waals surface area (Å²) in [5.74, 6) is 1.99. The first kappa shape index (κ1) is 23.7. The summed E-state index contributed by atoms with van der Waals surface area (Å²) in [4.78, 5) is 14.7. The number of benzene rings is 6. The standard InChI is InChI=1S/C37H23N3S/c1-3-10-24(11-4-1)35-38-36(25-12-5-2-6-13-25)40-37(39-35)29-15-9-14-26(23-29)27-18-20-30-28(22-27)19-21-32-31-16-7-8-17-33(31)41-34(30)32/h1-23H. The van der Waals surface area contributed by atoms with Crippen LogP contribution >= 0.6 is 11.3 Å². The van der Waals surface area contributed by atoms with Gasteiger partial charge in [0.05, 0.1) is 0 Å². The number of aromatic nitrogens is 3. The van der Waals surface area contributed by atoms with Crippen LogP contribution in [0.5, 0.6) is 0 Å². The minimum atomic E-state index is 0.660. The smallest absolute Gasteiger partial charge is 0.164 e. The Labute approximate surface area is 241 Å².